The van der Waals surface area contributed by atoms with Gasteiger partial charge < -0.3 is 19.5 Å². The van der Waals surface area contributed by atoms with Gasteiger partial charge in [-0.2, -0.15) is 0 Å². The molecule has 24 heavy (non-hydrogen) atoms. The van der Waals surface area contributed by atoms with Crippen molar-refractivity contribution in [1.82, 2.24) is 0 Å². The van der Waals surface area contributed by atoms with Crippen LogP contribution in [0.1, 0.15) is 22.1 Å². The fraction of sp³-hybridized carbons (Fsp3) is 0.188. The maximum atomic E-state index is 12.2. The number of non-ortho nitro benzene ring substituents is 1. The average Bonchev–Trinajstić information content (AvgIpc) is 2.90. The Morgan fingerprint density at radius 3 is 2.67 bits per heavy atom. The Morgan fingerprint density at radius 1 is 1.21 bits per heavy atom. The van der Waals surface area contributed by atoms with Crippen molar-refractivity contribution >= 4 is 17.3 Å². The maximum absolute atomic E-state index is 12.2. The summed E-state index contributed by atoms with van der Waals surface area (Å²) in [6.45, 7) is 0. The van der Waals surface area contributed by atoms with Crippen LogP contribution in [0.25, 0.3) is 0 Å². The first-order chi connectivity index (χ1) is 11.5. The lowest BCUT2D eigenvalue weighted by molar-refractivity contribution is -0.384. The third-order valence-corrected chi connectivity index (χ3v) is 3.64. The number of nitrogens with one attached hydrogen (secondary N) is 1. The van der Waals surface area contributed by atoms with Crippen molar-refractivity contribution in [2.45, 2.75) is 6.23 Å². The normalized spacial score (nSPS) is 15.4. The number of cyclic esters (lactones) is 1. The quantitative estimate of drug-likeness (QED) is 0.511. The highest BCUT2D eigenvalue weighted by molar-refractivity contribution is 5.98. The summed E-state index contributed by atoms with van der Waals surface area (Å²) in [5.41, 5.74) is 1.26. The number of ether oxygens (including phenoxy) is 3. The molecule has 3 rings (SSSR count). The van der Waals surface area contributed by atoms with E-state index in [1.54, 1.807) is 24.3 Å². The summed E-state index contributed by atoms with van der Waals surface area (Å²) < 4.78 is 15.8. The van der Waals surface area contributed by atoms with Crippen LogP contribution in [0.3, 0.4) is 0 Å². The number of hydrogen-bond donors (Lipinski definition) is 1. The summed E-state index contributed by atoms with van der Waals surface area (Å²) in [4.78, 5) is 22.5. The number of anilines is 1. The van der Waals surface area contributed by atoms with Crippen LogP contribution in [0, 0.1) is 10.1 Å². The van der Waals surface area contributed by atoms with E-state index in [2.05, 4.69) is 5.32 Å². The van der Waals surface area contributed by atoms with Crippen molar-refractivity contribution in [2.24, 2.45) is 0 Å². The molecule has 0 aromatic heterocycles. The first kappa shape index (κ1) is 15.6. The van der Waals surface area contributed by atoms with Crippen LogP contribution in [0.4, 0.5) is 11.4 Å². The molecule has 2 aromatic carbocycles. The van der Waals surface area contributed by atoms with Gasteiger partial charge in [0.2, 0.25) is 6.23 Å². The number of fused-ring (bicyclic) bond motifs is 1. The van der Waals surface area contributed by atoms with Crippen molar-refractivity contribution in [3.63, 3.8) is 0 Å². The number of benzene rings is 2. The lowest BCUT2D eigenvalue weighted by Gasteiger charge is -2.15. The molecule has 1 aliphatic heterocycles. The molecule has 1 N–H and O–H groups in total. The van der Waals surface area contributed by atoms with E-state index in [4.69, 9.17) is 14.2 Å². The molecular weight excluding hydrogens is 316 g/mol. The molecule has 0 saturated heterocycles. The Hall–Kier alpha value is -3.29. The summed E-state index contributed by atoms with van der Waals surface area (Å²) in [5, 5.41) is 13.8. The fourth-order valence-corrected chi connectivity index (χ4v) is 2.57. The van der Waals surface area contributed by atoms with Gasteiger partial charge in [0.25, 0.3) is 5.69 Å². The van der Waals surface area contributed by atoms with Crippen LogP contribution < -0.4 is 14.8 Å². The Kier molecular flexibility index (Phi) is 3.95. The van der Waals surface area contributed by atoms with E-state index in [-0.39, 0.29) is 11.3 Å². The summed E-state index contributed by atoms with van der Waals surface area (Å²) in [7, 11) is 2.91. The summed E-state index contributed by atoms with van der Waals surface area (Å²) in [6.07, 6.45) is -0.769. The third kappa shape index (κ3) is 2.58. The first-order valence-electron chi connectivity index (χ1n) is 7.02. The van der Waals surface area contributed by atoms with Gasteiger partial charge >= 0.3 is 5.97 Å². The van der Waals surface area contributed by atoms with Gasteiger partial charge in [-0.1, -0.05) is 6.07 Å². The molecule has 0 radical (unpaired) electrons. The zero-order chi connectivity index (χ0) is 17.3. The molecule has 8 heteroatoms. The number of nitrogens with zero attached hydrogens (tertiary/aromatic N) is 1. The zero-order valence-electron chi connectivity index (χ0n) is 12.9. The van der Waals surface area contributed by atoms with E-state index in [0.717, 1.165) is 0 Å². The van der Waals surface area contributed by atoms with Crippen molar-refractivity contribution in [3.8, 4) is 11.5 Å². The molecule has 0 aliphatic carbocycles. The van der Waals surface area contributed by atoms with Crippen LogP contribution in [0.5, 0.6) is 11.5 Å². The van der Waals surface area contributed by atoms with Crippen LogP contribution in [-0.2, 0) is 4.74 Å². The Morgan fingerprint density at radius 2 is 2.00 bits per heavy atom. The molecule has 1 unspecified atom stereocenters. The minimum absolute atomic E-state index is 0.0585. The van der Waals surface area contributed by atoms with Gasteiger partial charge in [0, 0.05) is 23.4 Å². The van der Waals surface area contributed by atoms with Crippen LogP contribution in [0.15, 0.2) is 36.4 Å². The summed E-state index contributed by atoms with van der Waals surface area (Å²) in [6, 6.07) is 9.31. The van der Waals surface area contributed by atoms with Gasteiger partial charge in [-0.15, -0.1) is 0 Å². The van der Waals surface area contributed by atoms with Gasteiger partial charge in [-0.05, 0) is 18.2 Å². The SMILES string of the molecule is COc1ccc2c(c1OC)C(=O)OC2Nc1cccc([N+](=O)[O-])c1. The first-order valence-corrected chi connectivity index (χ1v) is 7.02. The van der Waals surface area contributed by atoms with E-state index < -0.39 is 17.1 Å². The van der Waals surface area contributed by atoms with E-state index in [9.17, 15) is 14.9 Å². The lowest BCUT2D eigenvalue weighted by Crippen LogP contribution is -2.10. The Bertz CT molecular complexity index is 820. The van der Waals surface area contributed by atoms with Crippen LogP contribution >= 0.6 is 0 Å². The number of esters is 1. The zero-order valence-corrected chi connectivity index (χ0v) is 12.9. The maximum Gasteiger partial charge on any atom is 0.344 e. The average molecular weight is 330 g/mol. The van der Waals surface area contributed by atoms with Crippen molar-refractivity contribution < 1.29 is 23.9 Å². The number of nitro benzene ring substituents is 1. The third-order valence-electron chi connectivity index (χ3n) is 3.64. The molecule has 1 heterocycles. The van der Waals surface area contributed by atoms with Crippen molar-refractivity contribution in [2.75, 3.05) is 19.5 Å². The molecule has 0 fully saturated rings. The Labute approximate surface area is 137 Å². The molecular formula is C16H14N2O6. The summed E-state index contributed by atoms with van der Waals surface area (Å²) >= 11 is 0. The number of methoxy groups -OCH3 is 2. The molecule has 124 valence electrons. The summed E-state index contributed by atoms with van der Waals surface area (Å²) in [5.74, 6) is 0.163. The Balaban J connectivity index is 1.95. The van der Waals surface area contributed by atoms with Gasteiger partial charge in [0.05, 0.1) is 19.1 Å². The van der Waals surface area contributed by atoms with Crippen LogP contribution in [-0.4, -0.2) is 25.1 Å². The number of nitro groups is 1. The monoisotopic (exact) mass is 330 g/mol. The van der Waals surface area contributed by atoms with E-state index in [0.29, 0.717) is 22.7 Å². The molecule has 0 spiro atoms. The highest BCUT2D eigenvalue weighted by Gasteiger charge is 2.36. The molecule has 0 amide bonds. The second-order valence-corrected chi connectivity index (χ2v) is 5.00. The van der Waals surface area contributed by atoms with E-state index >= 15 is 0 Å². The highest BCUT2D eigenvalue weighted by atomic mass is 16.6. The molecule has 2 aromatic rings. The predicted octanol–water partition coefficient (Wildman–Crippen LogP) is 2.89. The lowest BCUT2D eigenvalue weighted by atomic mass is 10.1. The smallest absolute Gasteiger partial charge is 0.344 e. The molecule has 1 aliphatic rings. The number of carbonyl (C=O) groups excluding carboxylic acids is 1. The fourth-order valence-electron chi connectivity index (χ4n) is 2.57. The van der Waals surface area contributed by atoms with E-state index in [1.165, 1.54) is 26.4 Å². The van der Waals surface area contributed by atoms with Gasteiger partial charge in [0.15, 0.2) is 11.5 Å². The number of hydrogen-bond acceptors (Lipinski definition) is 7. The number of rotatable bonds is 5. The largest absolute Gasteiger partial charge is 0.493 e. The van der Waals surface area contributed by atoms with Crippen molar-refractivity contribution in [3.05, 3.63) is 57.6 Å². The molecule has 0 bridgehead atoms. The number of carbonyl (C=O) groups is 1. The minimum Gasteiger partial charge on any atom is -0.493 e. The van der Waals surface area contributed by atoms with Gasteiger partial charge in [-0.3, -0.25) is 10.1 Å². The minimum atomic E-state index is -0.769. The second-order valence-electron chi connectivity index (χ2n) is 5.00. The van der Waals surface area contributed by atoms with E-state index in [1.807, 2.05) is 0 Å². The molecule has 8 nitrogen and oxygen atoms in total. The standard InChI is InChI=1S/C16H14N2O6/c1-22-12-7-6-11-13(14(12)23-2)16(19)24-15(11)17-9-4-3-5-10(8-9)18(20)21/h3-8,15,17H,1-2H3. The predicted molar refractivity (Wildman–Crippen MR) is 84.4 cm³/mol. The second kappa shape index (κ2) is 6.07. The highest BCUT2D eigenvalue weighted by Crippen LogP contribution is 2.42. The topological polar surface area (TPSA) is 99.9 Å². The molecule has 1 atom stereocenters. The van der Waals surface area contributed by atoms with Gasteiger partial charge in [-0.25, -0.2) is 4.79 Å². The van der Waals surface area contributed by atoms with Crippen molar-refractivity contribution in [1.29, 1.82) is 0 Å². The van der Waals surface area contributed by atoms with Gasteiger partial charge in [0.1, 0.15) is 5.56 Å². The van der Waals surface area contributed by atoms with Crippen LogP contribution in [0.2, 0.25) is 0 Å². The molecule has 0 saturated carbocycles.